The number of anilines is 1. The van der Waals surface area contributed by atoms with Crippen molar-refractivity contribution in [1.29, 1.82) is 0 Å². The Morgan fingerprint density at radius 1 is 1.10 bits per heavy atom. The van der Waals surface area contributed by atoms with Gasteiger partial charge in [-0.3, -0.25) is 4.79 Å². The van der Waals surface area contributed by atoms with Crippen molar-refractivity contribution >= 4 is 17.4 Å². The smallest absolute Gasteiger partial charge is 0.372 e. The third-order valence-electron chi connectivity index (χ3n) is 5.40. The van der Waals surface area contributed by atoms with Gasteiger partial charge in [-0.25, -0.2) is 0 Å². The molecular weight excluding hydrogens is 389 g/mol. The molecule has 0 aliphatic carbocycles. The van der Waals surface area contributed by atoms with E-state index in [0.29, 0.717) is 44.8 Å². The summed E-state index contributed by atoms with van der Waals surface area (Å²) in [7, 11) is 0. The van der Waals surface area contributed by atoms with Gasteiger partial charge in [0.2, 0.25) is 5.91 Å². The fourth-order valence-corrected chi connectivity index (χ4v) is 4.10. The van der Waals surface area contributed by atoms with Crippen LogP contribution in [0.2, 0.25) is 0 Å². The summed E-state index contributed by atoms with van der Waals surface area (Å²) in [6, 6.07) is 3.11. The maximum atomic E-state index is 13.1. The predicted octanol–water partition coefficient (Wildman–Crippen LogP) is 2.00. The first-order chi connectivity index (χ1) is 13.7. The molecule has 8 nitrogen and oxygen atoms in total. The van der Waals surface area contributed by atoms with Crippen molar-refractivity contribution in [1.82, 2.24) is 24.7 Å². The first kappa shape index (κ1) is 19.9. The van der Waals surface area contributed by atoms with Crippen LogP contribution >= 0.6 is 0 Å². The Balaban J connectivity index is 1.44. The van der Waals surface area contributed by atoms with Crippen LogP contribution in [0.25, 0.3) is 5.65 Å². The summed E-state index contributed by atoms with van der Waals surface area (Å²) in [5.41, 5.74) is 0.0432. The number of rotatable bonds is 2. The van der Waals surface area contributed by atoms with Crippen LogP contribution in [0, 0.1) is 5.92 Å². The van der Waals surface area contributed by atoms with Crippen LogP contribution in [0.3, 0.4) is 0 Å². The van der Waals surface area contributed by atoms with Gasteiger partial charge in [0.05, 0.1) is 12.2 Å². The van der Waals surface area contributed by atoms with E-state index in [-0.39, 0.29) is 29.7 Å². The number of hydrogen-bond acceptors (Lipinski definition) is 6. The molecule has 0 aromatic carbocycles. The zero-order chi connectivity index (χ0) is 20.8. The number of alkyl halides is 3. The van der Waals surface area contributed by atoms with Crippen LogP contribution in [-0.2, 0) is 15.7 Å². The van der Waals surface area contributed by atoms with Crippen LogP contribution in [0.5, 0.6) is 0 Å². The first-order valence-corrected chi connectivity index (χ1v) is 9.71. The van der Waals surface area contributed by atoms with Crippen LogP contribution < -0.4 is 4.90 Å². The van der Waals surface area contributed by atoms with Gasteiger partial charge in [-0.1, -0.05) is 0 Å². The molecular formula is C18H23F3N6O2. The molecule has 2 saturated heterocycles. The molecule has 0 radical (unpaired) electrons. The van der Waals surface area contributed by atoms with Crippen molar-refractivity contribution in [3.05, 3.63) is 18.0 Å². The highest BCUT2D eigenvalue weighted by molar-refractivity contribution is 5.79. The molecule has 2 aromatic rings. The molecule has 29 heavy (non-hydrogen) atoms. The molecule has 0 saturated carbocycles. The third kappa shape index (κ3) is 4.00. The van der Waals surface area contributed by atoms with Crippen molar-refractivity contribution < 1.29 is 22.7 Å². The average molecular weight is 412 g/mol. The quantitative estimate of drug-likeness (QED) is 0.751. The summed E-state index contributed by atoms with van der Waals surface area (Å²) < 4.78 is 45.6. The molecule has 2 fully saturated rings. The summed E-state index contributed by atoms with van der Waals surface area (Å²) in [6.45, 7) is 6.20. The number of halogens is 3. The fraction of sp³-hybridized carbons (Fsp3) is 0.667. The van der Waals surface area contributed by atoms with Gasteiger partial charge < -0.3 is 14.5 Å². The van der Waals surface area contributed by atoms with Crippen LogP contribution in [-0.4, -0.2) is 69.0 Å². The molecule has 4 rings (SSSR count). The van der Waals surface area contributed by atoms with Crippen molar-refractivity contribution in [2.45, 2.75) is 45.1 Å². The molecule has 2 atom stereocenters. The Bertz CT molecular complexity index is 883. The number of nitrogens with zero attached hydrogens (tertiary/aromatic N) is 6. The Kier molecular flexibility index (Phi) is 5.09. The van der Waals surface area contributed by atoms with E-state index in [1.807, 2.05) is 23.6 Å². The molecule has 0 N–H and O–H groups in total. The number of morpholine rings is 1. The molecule has 2 aliphatic heterocycles. The predicted molar refractivity (Wildman–Crippen MR) is 97.3 cm³/mol. The summed E-state index contributed by atoms with van der Waals surface area (Å²) >= 11 is 0. The lowest BCUT2D eigenvalue weighted by atomic mass is 9.94. The summed E-state index contributed by atoms with van der Waals surface area (Å²) in [6.07, 6.45) is -3.33. The largest absolute Gasteiger partial charge is 0.453 e. The van der Waals surface area contributed by atoms with Crippen molar-refractivity contribution in [3.63, 3.8) is 0 Å². The summed E-state index contributed by atoms with van der Waals surface area (Å²) in [4.78, 5) is 16.6. The Morgan fingerprint density at radius 3 is 2.38 bits per heavy atom. The number of carbonyl (C=O) groups excluding carboxylic acids is 1. The second kappa shape index (κ2) is 7.43. The highest BCUT2D eigenvalue weighted by Crippen LogP contribution is 2.29. The Labute approximate surface area is 165 Å². The van der Waals surface area contributed by atoms with Crippen molar-refractivity contribution in [2.75, 3.05) is 31.1 Å². The fourth-order valence-electron chi connectivity index (χ4n) is 4.10. The van der Waals surface area contributed by atoms with E-state index < -0.39 is 12.0 Å². The molecule has 2 aliphatic rings. The van der Waals surface area contributed by atoms with E-state index in [9.17, 15) is 18.0 Å². The van der Waals surface area contributed by atoms with E-state index in [1.54, 1.807) is 6.07 Å². The number of ether oxygens (including phenoxy) is 1. The highest BCUT2D eigenvalue weighted by Gasteiger charge is 2.38. The van der Waals surface area contributed by atoms with Crippen molar-refractivity contribution in [3.8, 4) is 0 Å². The SMILES string of the molecule is CC1CN(C(=O)C2CCN(c3ccc4nnc(C(F)(F)F)n4n3)CC2)CC(C)O1. The molecule has 158 valence electrons. The molecule has 2 unspecified atom stereocenters. The molecule has 11 heteroatoms. The zero-order valence-electron chi connectivity index (χ0n) is 16.3. The van der Waals surface area contributed by atoms with Gasteiger partial charge in [0.25, 0.3) is 5.82 Å². The minimum absolute atomic E-state index is 0.0188. The number of aromatic nitrogens is 4. The summed E-state index contributed by atoms with van der Waals surface area (Å²) in [5.74, 6) is -0.682. The first-order valence-electron chi connectivity index (χ1n) is 9.71. The minimum Gasteiger partial charge on any atom is -0.372 e. The molecule has 4 heterocycles. The van der Waals surface area contributed by atoms with Gasteiger partial charge in [0, 0.05) is 32.1 Å². The Hall–Kier alpha value is -2.43. The lowest BCUT2D eigenvalue weighted by Crippen LogP contribution is -2.51. The number of piperidine rings is 1. The normalized spacial score (nSPS) is 24.3. The zero-order valence-corrected chi connectivity index (χ0v) is 16.3. The molecule has 2 aromatic heterocycles. The van der Waals surface area contributed by atoms with Gasteiger partial charge in [-0.15, -0.1) is 15.3 Å². The molecule has 1 amide bonds. The Morgan fingerprint density at radius 2 is 1.76 bits per heavy atom. The number of fused-ring (bicyclic) bond motifs is 1. The van der Waals surface area contributed by atoms with E-state index in [2.05, 4.69) is 15.3 Å². The van der Waals surface area contributed by atoms with Gasteiger partial charge in [0.1, 0.15) is 5.82 Å². The van der Waals surface area contributed by atoms with Gasteiger partial charge in [-0.2, -0.15) is 17.7 Å². The van der Waals surface area contributed by atoms with E-state index in [1.165, 1.54) is 6.07 Å². The highest BCUT2D eigenvalue weighted by atomic mass is 19.4. The average Bonchev–Trinajstić information content (AvgIpc) is 3.10. The van der Waals surface area contributed by atoms with Gasteiger partial charge in [-0.05, 0) is 38.8 Å². The summed E-state index contributed by atoms with van der Waals surface area (Å²) in [5, 5.41) is 10.8. The maximum Gasteiger partial charge on any atom is 0.453 e. The number of amides is 1. The standard InChI is InChI=1S/C18H23F3N6O2/c1-11-9-26(10-12(2)29-11)16(28)13-5-7-25(8-6-13)15-4-3-14-22-23-17(18(19,20)21)27(14)24-15/h3-4,11-13H,5-10H2,1-2H3. The number of hydrogen-bond donors (Lipinski definition) is 0. The topological polar surface area (TPSA) is 75.9 Å². The second-order valence-electron chi connectivity index (χ2n) is 7.74. The van der Waals surface area contributed by atoms with Gasteiger partial charge in [0.15, 0.2) is 5.65 Å². The maximum absolute atomic E-state index is 13.1. The lowest BCUT2D eigenvalue weighted by molar-refractivity contribution is -0.148. The van der Waals surface area contributed by atoms with Crippen LogP contribution in [0.4, 0.5) is 19.0 Å². The minimum atomic E-state index is -4.63. The van der Waals surface area contributed by atoms with E-state index >= 15 is 0 Å². The van der Waals surface area contributed by atoms with E-state index in [0.717, 1.165) is 4.52 Å². The number of carbonyl (C=O) groups is 1. The van der Waals surface area contributed by atoms with Gasteiger partial charge >= 0.3 is 6.18 Å². The molecule has 0 bridgehead atoms. The second-order valence-corrected chi connectivity index (χ2v) is 7.74. The lowest BCUT2D eigenvalue weighted by Gasteiger charge is -2.39. The van der Waals surface area contributed by atoms with Crippen LogP contribution in [0.15, 0.2) is 12.1 Å². The van der Waals surface area contributed by atoms with E-state index in [4.69, 9.17) is 4.74 Å². The van der Waals surface area contributed by atoms with Crippen LogP contribution in [0.1, 0.15) is 32.5 Å². The third-order valence-corrected chi connectivity index (χ3v) is 5.40. The monoisotopic (exact) mass is 412 g/mol. The molecule has 0 spiro atoms. The van der Waals surface area contributed by atoms with Crippen molar-refractivity contribution in [2.24, 2.45) is 5.92 Å².